The van der Waals surface area contributed by atoms with Gasteiger partial charge in [0, 0.05) is 19.5 Å². The number of amidine groups is 1. The molecule has 31 heavy (non-hydrogen) atoms. The monoisotopic (exact) mass is 434 g/mol. The van der Waals surface area contributed by atoms with E-state index in [4.69, 9.17) is 4.74 Å². The second kappa shape index (κ2) is 9.45. The average Bonchev–Trinajstić information content (AvgIpc) is 2.80. The van der Waals surface area contributed by atoms with Gasteiger partial charge < -0.3 is 9.64 Å². The maximum Gasteiger partial charge on any atom is 0.283 e. The standard InChI is InChI=1S/C25H26N2O3S/c1-20-7-13-24(14-8-20)31(28,29)26-25(27-15-17-30-18-16-27)19-21-9-11-23(12-10-21)22-5-3-2-4-6-22/h2-14H,15-19H2,1H3/b26-25+. The zero-order valence-corrected chi connectivity index (χ0v) is 18.4. The second-order valence-corrected chi connectivity index (χ2v) is 9.24. The summed E-state index contributed by atoms with van der Waals surface area (Å²) in [5.41, 5.74) is 4.30. The molecular formula is C25H26N2O3S. The first kappa shape index (κ1) is 21.3. The van der Waals surface area contributed by atoms with E-state index in [0.717, 1.165) is 22.3 Å². The molecule has 0 atom stereocenters. The van der Waals surface area contributed by atoms with Crippen LogP contribution in [0.25, 0.3) is 11.1 Å². The highest BCUT2D eigenvalue weighted by Gasteiger charge is 2.21. The van der Waals surface area contributed by atoms with E-state index in [0.29, 0.717) is 38.6 Å². The average molecular weight is 435 g/mol. The first-order valence-electron chi connectivity index (χ1n) is 10.4. The molecule has 6 heteroatoms. The van der Waals surface area contributed by atoms with Crippen molar-refractivity contribution in [2.45, 2.75) is 18.2 Å². The highest BCUT2D eigenvalue weighted by Crippen LogP contribution is 2.21. The molecule has 3 aromatic carbocycles. The maximum absolute atomic E-state index is 13.0. The Bertz CT molecular complexity index is 1130. The molecule has 0 saturated carbocycles. The van der Waals surface area contributed by atoms with Crippen LogP contribution in [-0.2, 0) is 21.2 Å². The Balaban J connectivity index is 1.62. The number of nitrogens with zero attached hydrogens (tertiary/aromatic N) is 2. The third kappa shape index (κ3) is 5.40. The van der Waals surface area contributed by atoms with Gasteiger partial charge in [-0.1, -0.05) is 72.3 Å². The van der Waals surface area contributed by atoms with Gasteiger partial charge in [0.1, 0.15) is 5.84 Å². The molecule has 5 nitrogen and oxygen atoms in total. The molecule has 0 amide bonds. The minimum Gasteiger partial charge on any atom is -0.378 e. The summed E-state index contributed by atoms with van der Waals surface area (Å²) < 4.78 is 35.7. The molecule has 0 bridgehead atoms. The number of ether oxygens (including phenoxy) is 1. The SMILES string of the molecule is Cc1ccc(S(=O)(=O)/N=C(\Cc2ccc(-c3ccccc3)cc2)N2CCOCC2)cc1. The lowest BCUT2D eigenvalue weighted by Crippen LogP contribution is -2.42. The summed E-state index contributed by atoms with van der Waals surface area (Å²) >= 11 is 0. The summed E-state index contributed by atoms with van der Waals surface area (Å²) in [4.78, 5) is 2.23. The van der Waals surface area contributed by atoms with Crippen molar-refractivity contribution in [2.75, 3.05) is 26.3 Å². The van der Waals surface area contributed by atoms with Gasteiger partial charge in [-0.3, -0.25) is 0 Å². The van der Waals surface area contributed by atoms with Crippen molar-refractivity contribution in [3.63, 3.8) is 0 Å². The van der Waals surface area contributed by atoms with E-state index in [1.54, 1.807) is 24.3 Å². The van der Waals surface area contributed by atoms with Gasteiger partial charge in [-0.2, -0.15) is 8.42 Å². The number of sulfonamides is 1. The Hall–Kier alpha value is -2.96. The molecule has 0 aliphatic carbocycles. The van der Waals surface area contributed by atoms with Crippen LogP contribution in [0.5, 0.6) is 0 Å². The Morgan fingerprint density at radius 1 is 0.871 bits per heavy atom. The van der Waals surface area contributed by atoms with Crippen molar-refractivity contribution >= 4 is 15.9 Å². The largest absolute Gasteiger partial charge is 0.378 e. The maximum atomic E-state index is 13.0. The molecule has 1 heterocycles. The van der Waals surface area contributed by atoms with Crippen molar-refractivity contribution in [1.82, 2.24) is 4.90 Å². The summed E-state index contributed by atoms with van der Waals surface area (Å²) in [6.45, 7) is 4.32. The first-order chi connectivity index (χ1) is 15.0. The predicted molar refractivity (Wildman–Crippen MR) is 124 cm³/mol. The number of hydrogen-bond acceptors (Lipinski definition) is 3. The molecule has 1 saturated heterocycles. The van der Waals surface area contributed by atoms with Crippen molar-refractivity contribution in [3.8, 4) is 11.1 Å². The van der Waals surface area contributed by atoms with Gasteiger partial charge in [0.15, 0.2) is 0 Å². The van der Waals surface area contributed by atoms with Crippen LogP contribution in [0.4, 0.5) is 0 Å². The van der Waals surface area contributed by atoms with E-state index in [2.05, 4.69) is 28.7 Å². The highest BCUT2D eigenvalue weighted by atomic mass is 32.2. The van der Waals surface area contributed by atoms with Crippen LogP contribution >= 0.6 is 0 Å². The zero-order valence-electron chi connectivity index (χ0n) is 17.6. The lowest BCUT2D eigenvalue weighted by Gasteiger charge is -2.29. The van der Waals surface area contributed by atoms with E-state index in [1.165, 1.54) is 0 Å². The molecule has 1 fully saturated rings. The Morgan fingerprint density at radius 2 is 1.48 bits per heavy atom. The topological polar surface area (TPSA) is 59.0 Å². The fourth-order valence-corrected chi connectivity index (χ4v) is 4.60. The van der Waals surface area contributed by atoms with Gasteiger partial charge in [0.25, 0.3) is 10.0 Å². The van der Waals surface area contributed by atoms with Crippen LogP contribution < -0.4 is 0 Å². The van der Waals surface area contributed by atoms with Crippen molar-refractivity contribution in [2.24, 2.45) is 4.40 Å². The van der Waals surface area contributed by atoms with Crippen molar-refractivity contribution in [1.29, 1.82) is 0 Å². The molecule has 160 valence electrons. The van der Waals surface area contributed by atoms with E-state index < -0.39 is 10.0 Å². The van der Waals surface area contributed by atoms with Gasteiger partial charge in [0.05, 0.1) is 18.1 Å². The second-order valence-electron chi connectivity index (χ2n) is 7.63. The smallest absolute Gasteiger partial charge is 0.283 e. The van der Waals surface area contributed by atoms with Crippen molar-refractivity contribution in [3.05, 3.63) is 90.0 Å². The van der Waals surface area contributed by atoms with Crippen LogP contribution in [0, 0.1) is 6.92 Å². The van der Waals surface area contributed by atoms with E-state index in [1.807, 2.05) is 42.2 Å². The third-order valence-corrected chi connectivity index (χ3v) is 6.66. The summed E-state index contributed by atoms with van der Waals surface area (Å²) in [5.74, 6) is 0.552. The van der Waals surface area contributed by atoms with Crippen LogP contribution in [-0.4, -0.2) is 45.5 Å². The van der Waals surface area contributed by atoms with Gasteiger partial charge in [0.2, 0.25) is 0 Å². The molecular weight excluding hydrogens is 408 g/mol. The molecule has 0 unspecified atom stereocenters. The highest BCUT2D eigenvalue weighted by molar-refractivity contribution is 7.90. The fourth-order valence-electron chi connectivity index (χ4n) is 3.55. The Kier molecular flexibility index (Phi) is 6.49. The zero-order chi connectivity index (χ0) is 21.7. The Morgan fingerprint density at radius 3 is 2.13 bits per heavy atom. The first-order valence-corrected chi connectivity index (χ1v) is 11.8. The van der Waals surface area contributed by atoms with Crippen LogP contribution in [0.1, 0.15) is 11.1 Å². The third-order valence-electron chi connectivity index (χ3n) is 5.34. The molecule has 0 N–H and O–H groups in total. The minimum atomic E-state index is -3.79. The Labute approximate surface area is 184 Å². The van der Waals surface area contributed by atoms with Crippen LogP contribution in [0.3, 0.4) is 0 Å². The fraction of sp³-hybridized carbons (Fsp3) is 0.240. The van der Waals surface area contributed by atoms with Gasteiger partial charge in [-0.15, -0.1) is 4.40 Å². The predicted octanol–water partition coefficient (Wildman–Crippen LogP) is 4.32. The molecule has 1 aliphatic rings. The molecule has 0 radical (unpaired) electrons. The van der Waals surface area contributed by atoms with Crippen molar-refractivity contribution < 1.29 is 13.2 Å². The van der Waals surface area contributed by atoms with Crippen LogP contribution in [0.2, 0.25) is 0 Å². The minimum absolute atomic E-state index is 0.211. The normalized spacial score (nSPS) is 15.1. The number of aryl methyl sites for hydroxylation is 1. The molecule has 0 aromatic heterocycles. The van der Waals surface area contributed by atoms with Gasteiger partial charge in [-0.05, 0) is 35.7 Å². The molecule has 0 spiro atoms. The molecule has 3 aromatic rings. The molecule has 1 aliphatic heterocycles. The van der Waals surface area contributed by atoms with E-state index in [9.17, 15) is 8.42 Å². The summed E-state index contributed by atoms with van der Waals surface area (Å²) in [7, 11) is -3.79. The lowest BCUT2D eigenvalue weighted by molar-refractivity contribution is 0.0675. The molecule has 4 rings (SSSR count). The number of morpholine rings is 1. The van der Waals surface area contributed by atoms with E-state index >= 15 is 0 Å². The summed E-state index contributed by atoms with van der Waals surface area (Å²) in [6.07, 6.45) is 0.445. The van der Waals surface area contributed by atoms with Gasteiger partial charge >= 0.3 is 0 Å². The van der Waals surface area contributed by atoms with Crippen LogP contribution in [0.15, 0.2) is 88.2 Å². The quantitative estimate of drug-likeness (QED) is 0.443. The lowest BCUT2D eigenvalue weighted by atomic mass is 10.0. The number of rotatable bonds is 5. The summed E-state index contributed by atoms with van der Waals surface area (Å²) in [6, 6.07) is 25.2. The van der Waals surface area contributed by atoms with Gasteiger partial charge in [-0.25, -0.2) is 0 Å². The summed E-state index contributed by atoms with van der Waals surface area (Å²) in [5, 5.41) is 0. The number of benzene rings is 3. The van der Waals surface area contributed by atoms with E-state index in [-0.39, 0.29) is 4.90 Å². The number of hydrogen-bond donors (Lipinski definition) is 0.